The van der Waals surface area contributed by atoms with E-state index in [1.807, 2.05) is 37.9 Å². The van der Waals surface area contributed by atoms with Gasteiger partial charge in [-0.05, 0) is 0 Å². The van der Waals surface area contributed by atoms with E-state index in [2.05, 4.69) is 23.4 Å². The minimum absolute atomic E-state index is 0.0723. The summed E-state index contributed by atoms with van der Waals surface area (Å²) >= 11 is 0. The maximum atomic E-state index is 11.4. The largest absolute Gasteiger partial charge is 0.451 e. The second-order valence-corrected chi connectivity index (χ2v) is 6.07. The zero-order valence-electron chi connectivity index (χ0n) is 14.6. The summed E-state index contributed by atoms with van der Waals surface area (Å²) in [6.45, 7) is 1.36. The maximum Gasteiger partial charge on any atom is 0.322 e. The van der Waals surface area contributed by atoms with Crippen molar-refractivity contribution in [2.75, 3.05) is 52.4 Å². The molecule has 0 bridgehead atoms. The summed E-state index contributed by atoms with van der Waals surface area (Å²) in [7, 11) is 7.42. The van der Waals surface area contributed by atoms with Crippen LogP contribution in [0.3, 0.4) is 0 Å². The van der Waals surface area contributed by atoms with Gasteiger partial charge in [0.15, 0.2) is 0 Å². The second kappa shape index (κ2) is 16.4. The Morgan fingerprint density at radius 3 is 1.07 bits per heavy atom. The van der Waals surface area contributed by atoms with Crippen LogP contribution in [0, 0.1) is 0 Å². The van der Waals surface area contributed by atoms with Crippen LogP contribution in [0.4, 0.5) is 0 Å². The molecule has 0 radical (unpaired) electrons. The van der Waals surface area contributed by atoms with Gasteiger partial charge >= 0.3 is 23.9 Å². The standard InChI is InChI=1S/C12H25N3O8P4/c16-9(20-24)5-14(6-10(17)21-25)3-1-13-2-4-15(7-11(18)22-26)8-12(19)23-27/h13H,1-8,24-27H2. The molecule has 0 aliphatic heterocycles. The van der Waals surface area contributed by atoms with Gasteiger partial charge in [-0.3, -0.25) is 29.0 Å². The van der Waals surface area contributed by atoms with Crippen LogP contribution in [0.25, 0.3) is 0 Å². The molecule has 0 amide bonds. The van der Waals surface area contributed by atoms with Crippen molar-refractivity contribution in [3.63, 3.8) is 0 Å². The zero-order valence-corrected chi connectivity index (χ0v) is 19.2. The van der Waals surface area contributed by atoms with Crippen LogP contribution in [0.2, 0.25) is 0 Å². The Labute approximate surface area is 167 Å². The molecular weight excluding hydrogens is 438 g/mol. The lowest BCUT2D eigenvalue weighted by atomic mass is 10.4. The van der Waals surface area contributed by atoms with Crippen molar-refractivity contribution in [3.8, 4) is 0 Å². The van der Waals surface area contributed by atoms with Gasteiger partial charge in [-0.25, -0.2) is 0 Å². The number of hydrogen-bond acceptors (Lipinski definition) is 11. The van der Waals surface area contributed by atoms with Gasteiger partial charge < -0.3 is 23.4 Å². The first-order valence-corrected chi connectivity index (χ1v) is 9.48. The van der Waals surface area contributed by atoms with Crippen molar-refractivity contribution >= 4 is 61.7 Å². The van der Waals surface area contributed by atoms with E-state index < -0.39 is 23.9 Å². The number of hydrogen-bond donors (Lipinski definition) is 1. The van der Waals surface area contributed by atoms with Gasteiger partial charge in [0.25, 0.3) is 0 Å². The van der Waals surface area contributed by atoms with Crippen LogP contribution < -0.4 is 5.32 Å². The maximum absolute atomic E-state index is 11.4. The third-order valence-corrected chi connectivity index (χ3v) is 4.20. The first-order valence-electron chi connectivity index (χ1n) is 7.59. The Hall–Kier alpha value is -0.520. The number of nitrogens with zero attached hydrogens (tertiary/aromatic N) is 2. The molecule has 1 N–H and O–H groups in total. The fourth-order valence-corrected chi connectivity index (χ4v) is 2.20. The highest BCUT2D eigenvalue weighted by Crippen LogP contribution is 1.98. The normalized spacial score (nSPS) is 10.6. The third kappa shape index (κ3) is 14.2. The van der Waals surface area contributed by atoms with Crippen molar-refractivity contribution in [2.24, 2.45) is 0 Å². The summed E-state index contributed by atoms with van der Waals surface area (Å²) in [5, 5.41) is 3.10. The first-order chi connectivity index (χ1) is 12.9. The molecule has 0 aliphatic carbocycles. The summed E-state index contributed by atoms with van der Waals surface area (Å²) in [5.74, 6) is -2.02. The van der Waals surface area contributed by atoms with Crippen LogP contribution in [0.5, 0.6) is 0 Å². The molecule has 0 fully saturated rings. The van der Waals surface area contributed by atoms with Gasteiger partial charge in [0.05, 0.1) is 64.0 Å². The number of rotatable bonds is 14. The molecule has 0 aromatic rings. The molecule has 0 saturated heterocycles. The van der Waals surface area contributed by atoms with E-state index in [1.165, 1.54) is 0 Å². The van der Waals surface area contributed by atoms with E-state index in [-0.39, 0.29) is 26.2 Å². The highest BCUT2D eigenvalue weighted by atomic mass is 31.0. The van der Waals surface area contributed by atoms with Crippen LogP contribution in [-0.2, 0) is 37.3 Å². The van der Waals surface area contributed by atoms with Gasteiger partial charge in [-0.15, -0.1) is 0 Å². The fraction of sp³-hybridized carbons (Fsp3) is 0.667. The molecule has 11 nitrogen and oxygen atoms in total. The molecule has 0 aliphatic rings. The predicted molar refractivity (Wildman–Crippen MR) is 109 cm³/mol. The Morgan fingerprint density at radius 1 is 0.593 bits per heavy atom. The van der Waals surface area contributed by atoms with E-state index >= 15 is 0 Å². The van der Waals surface area contributed by atoms with Crippen molar-refractivity contribution in [2.45, 2.75) is 0 Å². The molecule has 0 rings (SSSR count). The average Bonchev–Trinajstić information content (AvgIpc) is 2.66. The lowest BCUT2D eigenvalue weighted by Gasteiger charge is -2.21. The van der Waals surface area contributed by atoms with E-state index in [0.717, 1.165) is 0 Å². The Morgan fingerprint density at radius 2 is 0.852 bits per heavy atom. The summed E-state index contributed by atoms with van der Waals surface area (Å²) < 4.78 is 18.0. The lowest BCUT2D eigenvalue weighted by Crippen LogP contribution is -2.42. The van der Waals surface area contributed by atoms with E-state index in [0.29, 0.717) is 26.2 Å². The van der Waals surface area contributed by atoms with Gasteiger partial charge in [0.2, 0.25) is 0 Å². The van der Waals surface area contributed by atoms with Crippen molar-refractivity contribution in [1.29, 1.82) is 0 Å². The molecule has 0 saturated carbocycles. The fourth-order valence-electron chi connectivity index (χ4n) is 1.91. The molecule has 0 spiro atoms. The third-order valence-electron chi connectivity index (χ3n) is 3.15. The monoisotopic (exact) mass is 463 g/mol. The van der Waals surface area contributed by atoms with E-state index in [1.54, 1.807) is 9.80 Å². The second-order valence-electron chi connectivity index (χ2n) is 5.13. The average molecular weight is 463 g/mol. The minimum Gasteiger partial charge on any atom is -0.451 e. The summed E-state index contributed by atoms with van der Waals surface area (Å²) in [5.41, 5.74) is 0. The van der Waals surface area contributed by atoms with Gasteiger partial charge in [-0.2, -0.15) is 0 Å². The van der Waals surface area contributed by atoms with Crippen LogP contribution in [-0.4, -0.2) is 86.0 Å². The number of carbonyl (C=O) groups is 4. The Bertz CT molecular complexity index is 421. The van der Waals surface area contributed by atoms with Crippen molar-refractivity contribution in [1.82, 2.24) is 15.1 Å². The van der Waals surface area contributed by atoms with Crippen molar-refractivity contribution in [3.05, 3.63) is 0 Å². The quantitative estimate of drug-likeness (QED) is 0.240. The lowest BCUT2D eigenvalue weighted by molar-refractivity contribution is -0.139. The number of carbonyl (C=O) groups excluding carboxylic acids is 4. The molecule has 0 heterocycles. The summed E-state index contributed by atoms with van der Waals surface area (Å²) in [6, 6.07) is 0. The molecule has 0 aromatic heterocycles. The minimum atomic E-state index is -0.505. The molecule has 4 atom stereocenters. The SMILES string of the molecule is O=C(CN(CCNCCN(CC(=O)OP)CC(=O)OP)CC(=O)OP)OP. The Balaban J connectivity index is 4.35. The topological polar surface area (TPSA) is 124 Å². The first kappa shape index (κ1) is 26.5. The van der Waals surface area contributed by atoms with E-state index in [9.17, 15) is 19.2 Å². The van der Waals surface area contributed by atoms with Crippen LogP contribution in [0.15, 0.2) is 0 Å². The predicted octanol–water partition coefficient (Wildman–Crippen LogP) is -1.49. The van der Waals surface area contributed by atoms with Crippen LogP contribution >= 0.6 is 37.9 Å². The highest BCUT2D eigenvalue weighted by molar-refractivity contribution is 7.11. The summed E-state index contributed by atoms with van der Waals surface area (Å²) in [4.78, 5) is 48.6. The van der Waals surface area contributed by atoms with Crippen LogP contribution in [0.1, 0.15) is 0 Å². The molecule has 156 valence electrons. The molecule has 4 unspecified atom stereocenters. The van der Waals surface area contributed by atoms with Crippen molar-refractivity contribution < 1.29 is 37.3 Å². The zero-order chi connectivity index (χ0) is 20.7. The van der Waals surface area contributed by atoms with E-state index in [4.69, 9.17) is 0 Å². The summed E-state index contributed by atoms with van der Waals surface area (Å²) in [6.07, 6.45) is 0. The molecular formula is C12H25N3O8P4. The smallest absolute Gasteiger partial charge is 0.322 e. The molecule has 15 heteroatoms. The van der Waals surface area contributed by atoms with Gasteiger partial charge in [0, 0.05) is 26.2 Å². The van der Waals surface area contributed by atoms with Gasteiger partial charge in [-0.1, -0.05) is 0 Å². The molecule has 0 aromatic carbocycles. The molecule has 27 heavy (non-hydrogen) atoms. The number of nitrogens with one attached hydrogen (secondary N) is 1. The Kier molecular flexibility index (Phi) is 16.1. The van der Waals surface area contributed by atoms with Gasteiger partial charge in [0.1, 0.15) is 0 Å². The highest BCUT2D eigenvalue weighted by Gasteiger charge is 2.16.